The van der Waals surface area contributed by atoms with E-state index in [4.69, 9.17) is 9.47 Å². The number of ether oxygens (including phenoxy) is 2. The van der Waals surface area contributed by atoms with Crippen molar-refractivity contribution in [3.05, 3.63) is 35.4 Å². The van der Waals surface area contributed by atoms with Gasteiger partial charge in [0.15, 0.2) is 5.79 Å². The largest absolute Gasteiger partial charge is 0.390 e. The average Bonchev–Trinajstić information content (AvgIpc) is 2.67. The van der Waals surface area contributed by atoms with Crippen molar-refractivity contribution in [2.75, 3.05) is 19.8 Å². The summed E-state index contributed by atoms with van der Waals surface area (Å²) in [5.41, 5.74) is 0.339. The number of alkyl halides is 2. The fourth-order valence-electron chi connectivity index (χ4n) is 3.94. The molecule has 1 saturated carbocycles. The maximum absolute atomic E-state index is 12.7. The van der Waals surface area contributed by atoms with Gasteiger partial charge in [0.1, 0.15) is 0 Å². The van der Waals surface area contributed by atoms with Crippen LogP contribution < -0.4 is 5.32 Å². The third kappa shape index (κ3) is 5.29. The van der Waals surface area contributed by atoms with Gasteiger partial charge >= 0.3 is 0 Å². The van der Waals surface area contributed by atoms with Gasteiger partial charge in [-0.2, -0.15) is 0 Å². The standard InChI is InChI=1S/C22H33F2NO3/c1-16(17-4-6-18(7-5-17)19(23)24)25-13-12-21(26)8-10-22(11-9-21)27-14-20(2,3)15-28-22/h4-7,16,19,25-26H,8-15H2,1-3H3/t16-/m0/s1. The van der Waals surface area contributed by atoms with E-state index in [1.165, 1.54) is 12.1 Å². The molecule has 1 aromatic carbocycles. The van der Waals surface area contributed by atoms with E-state index in [-0.39, 0.29) is 17.0 Å². The summed E-state index contributed by atoms with van der Waals surface area (Å²) in [7, 11) is 0. The maximum Gasteiger partial charge on any atom is 0.263 e. The zero-order valence-corrected chi connectivity index (χ0v) is 17.1. The molecule has 0 amide bonds. The average molecular weight is 398 g/mol. The molecule has 0 radical (unpaired) electrons. The summed E-state index contributed by atoms with van der Waals surface area (Å²) in [6.07, 6.45) is 0.950. The molecule has 1 aromatic rings. The lowest BCUT2D eigenvalue weighted by molar-refractivity contribution is -0.319. The molecule has 1 saturated heterocycles. The van der Waals surface area contributed by atoms with Gasteiger partial charge in [-0.1, -0.05) is 38.1 Å². The Kier molecular flexibility index (Phi) is 6.44. The second-order valence-corrected chi connectivity index (χ2v) is 9.27. The van der Waals surface area contributed by atoms with Crippen molar-refractivity contribution < 1.29 is 23.4 Å². The monoisotopic (exact) mass is 397 g/mol. The summed E-state index contributed by atoms with van der Waals surface area (Å²) in [6, 6.07) is 6.45. The highest BCUT2D eigenvalue weighted by atomic mass is 19.3. The van der Waals surface area contributed by atoms with Crippen molar-refractivity contribution in [1.29, 1.82) is 0 Å². The molecular weight excluding hydrogens is 364 g/mol. The highest BCUT2D eigenvalue weighted by Crippen LogP contribution is 2.43. The SMILES string of the molecule is C[C@H](NCCC1(O)CCC2(CC1)OCC(C)(C)CO2)c1ccc(C(F)F)cc1. The van der Waals surface area contributed by atoms with Crippen LogP contribution in [0.3, 0.4) is 0 Å². The van der Waals surface area contributed by atoms with Gasteiger partial charge in [0.05, 0.1) is 18.8 Å². The second-order valence-electron chi connectivity index (χ2n) is 9.27. The molecule has 158 valence electrons. The lowest BCUT2D eigenvalue weighted by atomic mass is 9.78. The molecule has 2 fully saturated rings. The summed E-state index contributed by atoms with van der Waals surface area (Å²) < 4.78 is 37.4. The Labute approximate surface area is 166 Å². The quantitative estimate of drug-likeness (QED) is 0.728. The van der Waals surface area contributed by atoms with Crippen molar-refractivity contribution in [3.63, 3.8) is 0 Å². The Morgan fingerprint density at radius 3 is 2.07 bits per heavy atom. The minimum absolute atomic E-state index is 0.0388. The molecule has 4 nitrogen and oxygen atoms in total. The van der Waals surface area contributed by atoms with Crippen LogP contribution in [0.1, 0.15) is 76.5 Å². The minimum Gasteiger partial charge on any atom is -0.390 e. The van der Waals surface area contributed by atoms with Crippen LogP contribution in [0.25, 0.3) is 0 Å². The van der Waals surface area contributed by atoms with Crippen LogP contribution in [-0.2, 0) is 9.47 Å². The molecule has 6 heteroatoms. The van der Waals surface area contributed by atoms with Crippen molar-refractivity contribution in [2.24, 2.45) is 5.41 Å². The van der Waals surface area contributed by atoms with Gasteiger partial charge in [-0.25, -0.2) is 8.78 Å². The normalized spacial score (nSPS) is 24.4. The minimum atomic E-state index is -2.44. The van der Waals surface area contributed by atoms with Crippen molar-refractivity contribution in [2.45, 2.75) is 76.7 Å². The third-order valence-corrected chi connectivity index (χ3v) is 6.12. The lowest BCUT2D eigenvalue weighted by Gasteiger charge is -2.48. The zero-order chi connectivity index (χ0) is 20.4. The lowest BCUT2D eigenvalue weighted by Crippen LogP contribution is -2.52. The van der Waals surface area contributed by atoms with E-state index in [0.29, 0.717) is 51.9 Å². The van der Waals surface area contributed by atoms with E-state index < -0.39 is 17.8 Å². The summed E-state index contributed by atoms with van der Waals surface area (Å²) in [5.74, 6) is -0.519. The summed E-state index contributed by atoms with van der Waals surface area (Å²) >= 11 is 0. The van der Waals surface area contributed by atoms with Crippen LogP contribution in [0.15, 0.2) is 24.3 Å². The summed E-state index contributed by atoms with van der Waals surface area (Å²) in [5, 5.41) is 14.3. The fraction of sp³-hybridized carbons (Fsp3) is 0.727. The summed E-state index contributed by atoms with van der Waals surface area (Å²) in [6.45, 7) is 8.31. The summed E-state index contributed by atoms with van der Waals surface area (Å²) in [4.78, 5) is 0. The molecule has 0 aromatic heterocycles. The number of nitrogens with one attached hydrogen (secondary N) is 1. The molecule has 3 rings (SSSR count). The smallest absolute Gasteiger partial charge is 0.263 e. The number of hydrogen-bond acceptors (Lipinski definition) is 4. The Hall–Kier alpha value is -1.08. The number of rotatable bonds is 6. The first-order chi connectivity index (χ1) is 13.1. The van der Waals surface area contributed by atoms with Gasteiger partial charge in [-0.15, -0.1) is 0 Å². The first-order valence-electron chi connectivity index (χ1n) is 10.2. The highest BCUT2D eigenvalue weighted by molar-refractivity contribution is 5.25. The van der Waals surface area contributed by atoms with Crippen LogP contribution in [0.5, 0.6) is 0 Å². The van der Waals surface area contributed by atoms with Crippen LogP contribution in [0.2, 0.25) is 0 Å². The van der Waals surface area contributed by atoms with Crippen LogP contribution >= 0.6 is 0 Å². The molecule has 1 atom stereocenters. The van der Waals surface area contributed by atoms with E-state index in [0.717, 1.165) is 5.56 Å². The molecule has 1 aliphatic heterocycles. The van der Waals surface area contributed by atoms with Gasteiger partial charge in [0.2, 0.25) is 0 Å². The Balaban J connectivity index is 1.43. The van der Waals surface area contributed by atoms with Gasteiger partial charge < -0.3 is 19.9 Å². The van der Waals surface area contributed by atoms with Crippen molar-refractivity contribution in [3.8, 4) is 0 Å². The Morgan fingerprint density at radius 2 is 1.54 bits per heavy atom. The molecule has 2 aliphatic rings. The van der Waals surface area contributed by atoms with Gasteiger partial charge in [-0.05, 0) is 38.3 Å². The van der Waals surface area contributed by atoms with Crippen molar-refractivity contribution >= 4 is 0 Å². The molecule has 1 heterocycles. The third-order valence-electron chi connectivity index (χ3n) is 6.12. The van der Waals surface area contributed by atoms with E-state index in [1.54, 1.807) is 12.1 Å². The molecule has 28 heavy (non-hydrogen) atoms. The maximum atomic E-state index is 12.7. The zero-order valence-electron chi connectivity index (χ0n) is 17.1. The molecule has 1 aliphatic carbocycles. The predicted molar refractivity (Wildman–Crippen MR) is 104 cm³/mol. The number of hydrogen-bond donors (Lipinski definition) is 2. The molecular formula is C22H33F2NO3. The number of halogens is 2. The topological polar surface area (TPSA) is 50.7 Å². The Bertz CT molecular complexity index is 628. The van der Waals surface area contributed by atoms with E-state index in [1.807, 2.05) is 6.92 Å². The first kappa shape index (κ1) is 21.6. The molecule has 0 bridgehead atoms. The van der Waals surface area contributed by atoms with Gasteiger partial charge in [0.25, 0.3) is 6.43 Å². The van der Waals surface area contributed by atoms with Crippen LogP contribution in [0, 0.1) is 5.41 Å². The van der Waals surface area contributed by atoms with Crippen LogP contribution in [0.4, 0.5) is 8.78 Å². The second kappa shape index (κ2) is 8.34. The first-order valence-corrected chi connectivity index (χ1v) is 10.2. The molecule has 2 N–H and O–H groups in total. The molecule has 0 unspecified atom stereocenters. The van der Waals surface area contributed by atoms with Crippen molar-refractivity contribution in [1.82, 2.24) is 5.32 Å². The highest BCUT2D eigenvalue weighted by Gasteiger charge is 2.46. The van der Waals surface area contributed by atoms with Crippen LogP contribution in [-0.4, -0.2) is 36.3 Å². The van der Waals surface area contributed by atoms with Gasteiger partial charge in [0, 0.05) is 29.9 Å². The van der Waals surface area contributed by atoms with E-state index in [9.17, 15) is 13.9 Å². The molecule has 1 spiro atoms. The fourth-order valence-corrected chi connectivity index (χ4v) is 3.94. The number of benzene rings is 1. The number of aliphatic hydroxyl groups is 1. The van der Waals surface area contributed by atoms with E-state index >= 15 is 0 Å². The Morgan fingerprint density at radius 1 is 1.00 bits per heavy atom. The van der Waals surface area contributed by atoms with E-state index in [2.05, 4.69) is 19.2 Å². The predicted octanol–water partition coefficient (Wildman–Crippen LogP) is 4.74. The van der Waals surface area contributed by atoms with Gasteiger partial charge in [-0.3, -0.25) is 0 Å².